The number of benzene rings is 1. The van der Waals surface area contributed by atoms with Crippen LogP contribution in [0.5, 0.6) is 5.75 Å². The molecule has 0 saturated carbocycles. The minimum atomic E-state index is -0.805. The molecule has 7 heteroatoms. The van der Waals surface area contributed by atoms with Crippen molar-refractivity contribution in [3.05, 3.63) is 59.6 Å². The van der Waals surface area contributed by atoms with Crippen molar-refractivity contribution in [1.29, 1.82) is 0 Å². The standard InChI is InChI=1S/C23H28N2O5/c1-4-14-29-17-10-8-16(9-11-17)21(26)19-20(18-7-5-15-30-18)25(23(28)22(19)27)13-6-12-24(2)3/h5,7-11,15,20,26H,4,6,12-14H2,1-3H3. The number of ketones is 1. The summed E-state index contributed by atoms with van der Waals surface area (Å²) in [6.07, 6.45) is 3.07. The first-order valence-electron chi connectivity index (χ1n) is 10.3. The molecule has 1 unspecified atom stereocenters. The van der Waals surface area contributed by atoms with Crippen LogP contribution in [0.25, 0.3) is 5.76 Å². The Bertz CT molecular complexity index is 900. The maximum atomic E-state index is 13.2. The summed E-state index contributed by atoms with van der Waals surface area (Å²) < 4.78 is 11.1. The fourth-order valence-corrected chi connectivity index (χ4v) is 3.52. The second-order valence-corrected chi connectivity index (χ2v) is 7.67. The summed E-state index contributed by atoms with van der Waals surface area (Å²) in [7, 11) is 4.05. The molecule has 160 valence electrons. The molecule has 0 spiro atoms. The van der Waals surface area contributed by atoms with Crippen molar-refractivity contribution >= 4 is 17.4 Å². The van der Waals surface area contributed by atoms with Crippen LogP contribution in [0.4, 0.5) is 0 Å². The van der Waals surface area contributed by atoms with E-state index in [0.717, 1.165) is 13.0 Å². The first-order chi connectivity index (χ1) is 14.4. The fraction of sp³-hybridized carbons (Fsp3) is 0.391. The van der Waals surface area contributed by atoms with E-state index in [4.69, 9.17) is 9.15 Å². The minimum Gasteiger partial charge on any atom is -0.872 e. The molecule has 1 aromatic carbocycles. The summed E-state index contributed by atoms with van der Waals surface area (Å²) in [6, 6.07) is 9.21. The first kappa shape index (κ1) is 21.6. The van der Waals surface area contributed by atoms with E-state index < -0.39 is 23.5 Å². The molecule has 1 atom stereocenters. The second kappa shape index (κ2) is 9.63. The summed E-state index contributed by atoms with van der Waals surface area (Å²) in [5, 5.41) is 13.2. The SMILES string of the molecule is CCCOc1ccc(C([O-])=C2C(=O)C(=O)N(CCC[NH+](C)C)C2c2ccco2)cc1. The second-order valence-electron chi connectivity index (χ2n) is 7.67. The molecule has 3 rings (SSSR count). The summed E-state index contributed by atoms with van der Waals surface area (Å²) in [4.78, 5) is 28.3. The monoisotopic (exact) mass is 412 g/mol. The third-order valence-corrected chi connectivity index (χ3v) is 5.01. The van der Waals surface area contributed by atoms with Gasteiger partial charge in [0.05, 0.1) is 33.5 Å². The molecule has 0 radical (unpaired) electrons. The fourth-order valence-electron chi connectivity index (χ4n) is 3.52. The largest absolute Gasteiger partial charge is 0.872 e. The van der Waals surface area contributed by atoms with Gasteiger partial charge in [0.15, 0.2) is 0 Å². The van der Waals surface area contributed by atoms with E-state index in [0.29, 0.717) is 36.6 Å². The van der Waals surface area contributed by atoms with Gasteiger partial charge in [-0.1, -0.05) is 24.8 Å². The lowest BCUT2D eigenvalue weighted by Crippen LogP contribution is -3.05. The summed E-state index contributed by atoms with van der Waals surface area (Å²) >= 11 is 0. The molecule has 0 aliphatic carbocycles. The number of carbonyl (C=O) groups excluding carboxylic acids is 2. The van der Waals surface area contributed by atoms with Crippen molar-refractivity contribution in [2.75, 3.05) is 33.8 Å². The van der Waals surface area contributed by atoms with Crippen molar-refractivity contribution in [1.82, 2.24) is 4.90 Å². The Morgan fingerprint density at radius 3 is 2.53 bits per heavy atom. The van der Waals surface area contributed by atoms with E-state index in [9.17, 15) is 14.7 Å². The van der Waals surface area contributed by atoms with Crippen LogP contribution in [-0.2, 0) is 9.59 Å². The highest BCUT2D eigenvalue weighted by Gasteiger charge is 2.45. The van der Waals surface area contributed by atoms with Gasteiger partial charge in [-0.25, -0.2) is 0 Å². The normalized spacial score (nSPS) is 18.4. The van der Waals surface area contributed by atoms with E-state index in [1.165, 1.54) is 16.1 Å². The zero-order valence-corrected chi connectivity index (χ0v) is 17.6. The molecule has 1 amide bonds. The van der Waals surface area contributed by atoms with E-state index in [2.05, 4.69) is 0 Å². The molecule has 30 heavy (non-hydrogen) atoms. The maximum absolute atomic E-state index is 13.2. The molecule has 1 saturated heterocycles. The Morgan fingerprint density at radius 2 is 1.93 bits per heavy atom. The first-order valence-corrected chi connectivity index (χ1v) is 10.3. The van der Waals surface area contributed by atoms with Gasteiger partial charge in [-0.15, -0.1) is 0 Å². The van der Waals surface area contributed by atoms with Gasteiger partial charge >= 0.3 is 0 Å². The van der Waals surface area contributed by atoms with Crippen LogP contribution in [0.2, 0.25) is 0 Å². The third kappa shape index (κ3) is 4.57. The van der Waals surface area contributed by atoms with Crippen LogP contribution in [0.15, 0.2) is 52.7 Å². The van der Waals surface area contributed by atoms with Gasteiger partial charge in [0, 0.05) is 18.5 Å². The molecule has 2 aromatic rings. The van der Waals surface area contributed by atoms with E-state index in [-0.39, 0.29) is 5.57 Å². The number of furan rings is 1. The Kier molecular flexibility index (Phi) is 6.95. The average molecular weight is 412 g/mol. The predicted octanol–water partition coefficient (Wildman–Crippen LogP) is 0.827. The number of rotatable bonds is 9. The molecule has 2 heterocycles. The topological polar surface area (TPSA) is 87.2 Å². The van der Waals surface area contributed by atoms with E-state index in [1.54, 1.807) is 36.4 Å². The van der Waals surface area contributed by atoms with Crippen molar-refractivity contribution in [3.63, 3.8) is 0 Å². The number of quaternary nitrogens is 1. The van der Waals surface area contributed by atoms with Crippen molar-refractivity contribution in [3.8, 4) is 5.75 Å². The van der Waals surface area contributed by atoms with Crippen LogP contribution < -0.4 is 14.7 Å². The number of hydrogen-bond acceptors (Lipinski definition) is 5. The lowest BCUT2D eigenvalue weighted by molar-refractivity contribution is -0.858. The Balaban J connectivity index is 1.95. The number of carbonyl (C=O) groups is 2. The number of amides is 1. The van der Waals surface area contributed by atoms with Crippen LogP contribution in [0, 0.1) is 0 Å². The lowest BCUT2D eigenvalue weighted by atomic mass is 9.99. The predicted molar refractivity (Wildman–Crippen MR) is 110 cm³/mol. The van der Waals surface area contributed by atoms with Crippen molar-refractivity contribution in [2.45, 2.75) is 25.8 Å². The number of nitrogens with zero attached hydrogens (tertiary/aromatic N) is 1. The van der Waals surface area contributed by atoms with Gasteiger partial charge < -0.3 is 24.1 Å². The zero-order chi connectivity index (χ0) is 21.7. The minimum absolute atomic E-state index is 0.0608. The summed E-state index contributed by atoms with van der Waals surface area (Å²) in [6.45, 7) is 3.81. The number of ether oxygens (including phenoxy) is 1. The zero-order valence-electron chi connectivity index (χ0n) is 17.6. The lowest BCUT2D eigenvalue weighted by Gasteiger charge is -2.25. The third-order valence-electron chi connectivity index (χ3n) is 5.01. The molecule has 1 N–H and O–H groups in total. The number of likely N-dealkylation sites (tertiary alicyclic amines) is 1. The van der Waals surface area contributed by atoms with Gasteiger partial charge in [-0.2, -0.15) is 0 Å². The van der Waals surface area contributed by atoms with Crippen molar-refractivity contribution in [2.24, 2.45) is 0 Å². The maximum Gasteiger partial charge on any atom is 0.295 e. The average Bonchev–Trinajstić information content (AvgIpc) is 3.34. The number of hydrogen-bond donors (Lipinski definition) is 1. The molecular formula is C23H28N2O5. The highest BCUT2D eigenvalue weighted by Crippen LogP contribution is 2.38. The quantitative estimate of drug-likeness (QED) is 0.374. The van der Waals surface area contributed by atoms with E-state index in [1.807, 2.05) is 21.0 Å². The van der Waals surface area contributed by atoms with Crippen LogP contribution >= 0.6 is 0 Å². The molecule has 1 aromatic heterocycles. The van der Waals surface area contributed by atoms with Gasteiger partial charge in [0.1, 0.15) is 17.6 Å². The van der Waals surface area contributed by atoms with Crippen LogP contribution in [0.1, 0.15) is 37.1 Å². The number of nitrogens with one attached hydrogen (secondary N) is 1. The van der Waals surface area contributed by atoms with Gasteiger partial charge in [0.25, 0.3) is 5.91 Å². The molecule has 1 aliphatic heterocycles. The van der Waals surface area contributed by atoms with Gasteiger partial charge in [-0.3, -0.25) is 9.59 Å². The molecule has 7 nitrogen and oxygen atoms in total. The Morgan fingerprint density at radius 1 is 1.20 bits per heavy atom. The molecule has 1 fully saturated rings. The van der Waals surface area contributed by atoms with Crippen LogP contribution in [0.3, 0.4) is 0 Å². The molecule has 1 aliphatic rings. The van der Waals surface area contributed by atoms with Crippen molar-refractivity contribution < 1.29 is 28.7 Å². The van der Waals surface area contributed by atoms with Gasteiger partial charge in [0.2, 0.25) is 5.78 Å². The number of Topliss-reactive ketones (excluding diaryl/α,β-unsaturated/α-hetero) is 1. The van der Waals surface area contributed by atoms with E-state index >= 15 is 0 Å². The summed E-state index contributed by atoms with van der Waals surface area (Å²) in [5.41, 5.74) is 0.278. The Labute approximate surface area is 176 Å². The van der Waals surface area contributed by atoms with Crippen LogP contribution in [-0.4, -0.2) is 50.4 Å². The molecule has 0 bridgehead atoms. The molecular weight excluding hydrogens is 384 g/mol. The smallest absolute Gasteiger partial charge is 0.295 e. The van der Waals surface area contributed by atoms with Gasteiger partial charge in [-0.05, 0) is 36.2 Å². The summed E-state index contributed by atoms with van der Waals surface area (Å²) in [5.74, 6) is -0.806. The Hall–Kier alpha value is -3.06. The highest BCUT2D eigenvalue weighted by atomic mass is 16.5. The highest BCUT2D eigenvalue weighted by molar-refractivity contribution is 6.46.